The maximum atomic E-state index is 12.0. The van der Waals surface area contributed by atoms with Crippen LogP contribution in [0.15, 0.2) is 30.0 Å². The van der Waals surface area contributed by atoms with Crippen molar-refractivity contribution < 1.29 is 18.3 Å². The lowest BCUT2D eigenvalue weighted by Gasteiger charge is -2.04. The third-order valence-electron chi connectivity index (χ3n) is 2.50. The van der Waals surface area contributed by atoms with Crippen molar-refractivity contribution in [2.45, 2.75) is 6.61 Å². The van der Waals surface area contributed by atoms with Crippen LogP contribution in [0.1, 0.15) is 5.56 Å². The van der Waals surface area contributed by atoms with Crippen LogP contribution in [0.2, 0.25) is 0 Å². The van der Waals surface area contributed by atoms with Gasteiger partial charge in [0.25, 0.3) is 5.91 Å². The number of nitrogens with one attached hydrogen (secondary N) is 1. The number of nitrogens with zero attached hydrogens (tertiary/aromatic N) is 1. The summed E-state index contributed by atoms with van der Waals surface area (Å²) < 4.78 is 28.2. The van der Waals surface area contributed by atoms with E-state index in [4.69, 9.17) is 12.2 Å². The molecule has 0 aromatic heterocycles. The van der Waals surface area contributed by atoms with Crippen molar-refractivity contribution in [3.63, 3.8) is 0 Å². The normalized spacial score (nSPS) is 17.3. The molecule has 1 aliphatic heterocycles. The predicted octanol–water partition coefficient (Wildman–Crippen LogP) is 1.98. The highest BCUT2D eigenvalue weighted by atomic mass is 32.1. The molecule has 0 radical (unpaired) electrons. The first-order valence-electron chi connectivity index (χ1n) is 5.33. The Labute approximate surface area is 113 Å². The Balaban J connectivity index is 2.16. The first-order chi connectivity index (χ1) is 8.97. The summed E-state index contributed by atoms with van der Waals surface area (Å²) in [5.41, 5.74) is 1.02. The van der Waals surface area contributed by atoms with Crippen molar-refractivity contribution in [1.29, 1.82) is 0 Å². The van der Waals surface area contributed by atoms with E-state index in [0.717, 1.165) is 0 Å². The first kappa shape index (κ1) is 13.4. The lowest BCUT2D eigenvalue weighted by molar-refractivity contribution is -0.121. The van der Waals surface area contributed by atoms with Crippen molar-refractivity contribution in [3.8, 4) is 5.75 Å². The Hall–Kier alpha value is -2.02. The minimum absolute atomic E-state index is 0.0653. The number of amides is 1. The quantitative estimate of drug-likeness (QED) is 0.680. The van der Waals surface area contributed by atoms with Gasteiger partial charge in [-0.2, -0.15) is 8.78 Å². The largest absolute Gasteiger partial charge is 0.435 e. The number of carbonyl (C=O) groups is 1. The Bertz CT molecular complexity index is 543. The van der Waals surface area contributed by atoms with Crippen LogP contribution in [0, 0.1) is 0 Å². The fourth-order valence-corrected chi connectivity index (χ4v) is 1.73. The molecule has 1 amide bonds. The molecule has 2 rings (SSSR count). The molecule has 1 aromatic rings. The summed E-state index contributed by atoms with van der Waals surface area (Å²) in [5.74, 6) is -0.173. The van der Waals surface area contributed by atoms with Crippen molar-refractivity contribution in [2.24, 2.45) is 0 Å². The van der Waals surface area contributed by atoms with Crippen molar-refractivity contribution in [2.75, 3.05) is 7.05 Å². The zero-order valence-corrected chi connectivity index (χ0v) is 10.7. The fourth-order valence-electron chi connectivity index (χ4n) is 1.54. The molecule has 7 heteroatoms. The Morgan fingerprint density at radius 2 is 2.00 bits per heavy atom. The van der Waals surface area contributed by atoms with E-state index in [9.17, 15) is 13.6 Å². The summed E-state index contributed by atoms with van der Waals surface area (Å²) in [6.45, 7) is -2.85. The van der Waals surface area contributed by atoms with E-state index >= 15 is 0 Å². The van der Waals surface area contributed by atoms with Crippen LogP contribution in [0.4, 0.5) is 8.78 Å². The Morgan fingerprint density at radius 3 is 2.47 bits per heavy atom. The summed E-state index contributed by atoms with van der Waals surface area (Å²) in [6.07, 6.45) is 1.59. The Morgan fingerprint density at radius 1 is 1.37 bits per heavy atom. The lowest BCUT2D eigenvalue weighted by atomic mass is 10.2. The van der Waals surface area contributed by atoms with Gasteiger partial charge in [0.05, 0.1) is 0 Å². The molecule has 100 valence electrons. The van der Waals surface area contributed by atoms with Crippen LogP contribution < -0.4 is 10.1 Å². The van der Waals surface area contributed by atoms with E-state index in [1.54, 1.807) is 25.3 Å². The second-order valence-electron chi connectivity index (χ2n) is 3.80. The maximum Gasteiger partial charge on any atom is 0.387 e. The minimum atomic E-state index is -2.85. The van der Waals surface area contributed by atoms with E-state index in [0.29, 0.717) is 16.4 Å². The van der Waals surface area contributed by atoms with Gasteiger partial charge in [-0.05, 0) is 36.0 Å². The number of hydrogen-bond donors (Lipinski definition) is 1. The number of benzene rings is 1. The molecule has 1 heterocycles. The van der Waals surface area contributed by atoms with Crippen LogP contribution in [-0.2, 0) is 4.79 Å². The number of ether oxygens (including phenoxy) is 1. The molecular weight excluding hydrogens is 274 g/mol. The Kier molecular flexibility index (Phi) is 3.75. The molecule has 1 fully saturated rings. The summed E-state index contributed by atoms with van der Waals surface area (Å²) in [6, 6.07) is 5.95. The number of hydrogen-bond acceptors (Lipinski definition) is 3. The second-order valence-corrected chi connectivity index (χ2v) is 4.19. The van der Waals surface area contributed by atoms with Gasteiger partial charge in [-0.1, -0.05) is 12.1 Å². The highest BCUT2D eigenvalue weighted by molar-refractivity contribution is 7.80. The molecule has 1 aromatic carbocycles. The van der Waals surface area contributed by atoms with Gasteiger partial charge in [-0.3, -0.25) is 9.69 Å². The molecule has 4 nitrogen and oxygen atoms in total. The third kappa shape index (κ3) is 3.05. The fraction of sp³-hybridized carbons (Fsp3) is 0.167. The summed E-state index contributed by atoms with van der Waals surface area (Å²) in [5, 5.41) is 3.09. The molecule has 0 atom stereocenters. The van der Waals surface area contributed by atoms with Gasteiger partial charge in [-0.25, -0.2) is 0 Å². The molecule has 0 unspecified atom stereocenters. The molecule has 1 N–H and O–H groups in total. The van der Waals surface area contributed by atoms with Gasteiger partial charge in [0.2, 0.25) is 0 Å². The third-order valence-corrected chi connectivity index (χ3v) is 2.87. The average Bonchev–Trinajstić information content (AvgIpc) is 2.59. The lowest BCUT2D eigenvalue weighted by Crippen LogP contribution is -2.25. The first-order valence-corrected chi connectivity index (χ1v) is 5.74. The smallest absolute Gasteiger partial charge is 0.387 e. The highest BCUT2D eigenvalue weighted by Crippen LogP contribution is 2.18. The van der Waals surface area contributed by atoms with Gasteiger partial charge >= 0.3 is 6.61 Å². The summed E-state index contributed by atoms with van der Waals surface area (Å²) in [7, 11) is 1.57. The van der Waals surface area contributed by atoms with Gasteiger partial charge in [0.15, 0.2) is 5.11 Å². The zero-order valence-electron chi connectivity index (χ0n) is 9.89. The molecule has 0 aliphatic carbocycles. The molecule has 1 aliphatic rings. The molecule has 0 bridgehead atoms. The van der Waals surface area contributed by atoms with Crippen LogP contribution in [0.25, 0.3) is 6.08 Å². The monoisotopic (exact) mass is 284 g/mol. The second kappa shape index (κ2) is 5.31. The number of thiocarbonyl (C=S) groups is 1. The zero-order chi connectivity index (χ0) is 14.0. The number of rotatable bonds is 3. The number of likely N-dealkylation sites (N-methyl/N-ethyl adjacent to an activating group) is 1. The van der Waals surface area contributed by atoms with Crippen LogP contribution in [-0.4, -0.2) is 29.6 Å². The van der Waals surface area contributed by atoms with E-state index in [2.05, 4.69) is 10.1 Å². The van der Waals surface area contributed by atoms with Crippen molar-refractivity contribution >= 4 is 29.3 Å². The summed E-state index contributed by atoms with van der Waals surface area (Å²) in [4.78, 5) is 13.0. The van der Waals surface area contributed by atoms with Crippen molar-refractivity contribution in [3.05, 3.63) is 35.5 Å². The van der Waals surface area contributed by atoms with Crippen LogP contribution >= 0.6 is 12.2 Å². The van der Waals surface area contributed by atoms with Crippen molar-refractivity contribution in [1.82, 2.24) is 10.2 Å². The van der Waals surface area contributed by atoms with Gasteiger partial charge in [0.1, 0.15) is 11.4 Å². The topological polar surface area (TPSA) is 41.6 Å². The SMILES string of the molecule is CN1C(=O)C(=Cc2ccc(OC(F)F)cc2)NC1=S. The standard InChI is InChI=1S/C12H10F2N2O2S/c1-16-10(17)9(15-12(16)19)6-7-2-4-8(5-3-7)18-11(13)14/h2-6,11H,1H3,(H,15,19). The molecule has 19 heavy (non-hydrogen) atoms. The molecule has 0 spiro atoms. The maximum absolute atomic E-state index is 12.0. The van der Waals surface area contributed by atoms with E-state index in [1.165, 1.54) is 17.0 Å². The average molecular weight is 284 g/mol. The molecule has 0 saturated carbocycles. The predicted molar refractivity (Wildman–Crippen MR) is 69.6 cm³/mol. The summed E-state index contributed by atoms with van der Waals surface area (Å²) >= 11 is 4.93. The highest BCUT2D eigenvalue weighted by Gasteiger charge is 2.26. The number of alkyl halides is 2. The van der Waals surface area contributed by atoms with E-state index in [1.807, 2.05) is 0 Å². The van der Waals surface area contributed by atoms with Gasteiger partial charge in [-0.15, -0.1) is 0 Å². The minimum Gasteiger partial charge on any atom is -0.435 e. The number of halogens is 2. The van der Waals surface area contributed by atoms with Crippen LogP contribution in [0.5, 0.6) is 5.75 Å². The van der Waals surface area contributed by atoms with E-state index in [-0.39, 0.29) is 11.7 Å². The van der Waals surface area contributed by atoms with Gasteiger partial charge < -0.3 is 10.1 Å². The number of carbonyl (C=O) groups excluding carboxylic acids is 1. The molecular formula is C12H10F2N2O2S. The van der Waals surface area contributed by atoms with Crippen LogP contribution in [0.3, 0.4) is 0 Å². The van der Waals surface area contributed by atoms with E-state index < -0.39 is 6.61 Å². The molecule has 1 saturated heterocycles. The van der Waals surface area contributed by atoms with Gasteiger partial charge in [0, 0.05) is 7.05 Å².